The van der Waals surface area contributed by atoms with E-state index in [0.717, 1.165) is 0 Å². The molecule has 76 valence electrons. The van der Waals surface area contributed by atoms with E-state index in [-0.39, 0.29) is 12.2 Å². The van der Waals surface area contributed by atoms with Crippen molar-refractivity contribution in [1.29, 1.82) is 0 Å². The van der Waals surface area contributed by atoms with E-state index < -0.39 is 17.5 Å². The quantitative estimate of drug-likeness (QED) is 0.452. The monoisotopic (exact) mass is 190 g/mol. The van der Waals surface area contributed by atoms with Crippen LogP contribution in [0.4, 0.5) is 0 Å². The molecule has 0 fully saturated rings. The normalized spacial score (nSPS) is 10.7. The molecule has 0 amide bonds. The van der Waals surface area contributed by atoms with Crippen LogP contribution in [0.2, 0.25) is 0 Å². The van der Waals surface area contributed by atoms with Crippen molar-refractivity contribution in [3.05, 3.63) is 11.5 Å². The summed E-state index contributed by atoms with van der Waals surface area (Å²) < 4.78 is 0. The average Bonchev–Trinajstić information content (AvgIpc) is 2.00. The summed E-state index contributed by atoms with van der Waals surface area (Å²) >= 11 is 0. The number of ketones is 1. The Balaban J connectivity index is 0. The van der Waals surface area contributed by atoms with Crippen molar-refractivity contribution < 1.29 is 24.9 Å². The topological polar surface area (TPSA) is 94.8 Å². The van der Waals surface area contributed by atoms with Crippen LogP contribution in [0.1, 0.15) is 27.2 Å². The van der Waals surface area contributed by atoms with Crippen LogP contribution in [0.3, 0.4) is 0 Å². The molecule has 0 bridgehead atoms. The van der Waals surface area contributed by atoms with Crippen LogP contribution in [0.5, 0.6) is 0 Å². The Kier molecular flexibility index (Phi) is 7.71. The van der Waals surface area contributed by atoms with E-state index in [9.17, 15) is 9.59 Å². The second kappa shape index (κ2) is 7.15. The van der Waals surface area contributed by atoms with Gasteiger partial charge in [-0.1, -0.05) is 6.92 Å². The van der Waals surface area contributed by atoms with Gasteiger partial charge in [0.05, 0.1) is 0 Å². The number of carboxylic acids is 1. The highest BCUT2D eigenvalue weighted by atomic mass is 16.4. The maximum absolute atomic E-state index is 9.83. The lowest BCUT2D eigenvalue weighted by Gasteiger charge is -1.94. The predicted molar refractivity (Wildman–Crippen MR) is 46.6 cm³/mol. The fourth-order valence-corrected chi connectivity index (χ4v) is 0.291. The molecule has 0 atom stereocenters. The number of allylic oxidation sites excluding steroid dienone is 1. The predicted octanol–water partition coefficient (Wildman–Crippen LogP) is 1.40. The van der Waals surface area contributed by atoms with Crippen molar-refractivity contribution in [2.45, 2.75) is 27.2 Å². The molecule has 0 aromatic heterocycles. The van der Waals surface area contributed by atoms with Crippen molar-refractivity contribution in [3.8, 4) is 0 Å². The third-order valence-corrected chi connectivity index (χ3v) is 0.811. The molecule has 0 radical (unpaired) electrons. The van der Waals surface area contributed by atoms with Crippen LogP contribution in [0.15, 0.2) is 11.5 Å². The molecule has 0 aliphatic carbocycles. The maximum Gasteiger partial charge on any atom is 0.374 e. The zero-order valence-electron chi connectivity index (χ0n) is 7.87. The summed E-state index contributed by atoms with van der Waals surface area (Å²) in [6, 6.07) is 0. The largest absolute Gasteiger partial charge is 0.508 e. The van der Waals surface area contributed by atoms with Crippen LogP contribution in [-0.4, -0.2) is 27.1 Å². The van der Waals surface area contributed by atoms with E-state index in [1.807, 2.05) is 0 Å². The fraction of sp³-hybridized carbons (Fsp3) is 0.500. The molecule has 0 aliphatic heterocycles. The minimum atomic E-state index is -1.51. The summed E-state index contributed by atoms with van der Waals surface area (Å²) in [5.74, 6) is -2.81. The van der Waals surface area contributed by atoms with Gasteiger partial charge in [0, 0.05) is 6.42 Å². The summed E-state index contributed by atoms with van der Waals surface area (Å²) in [6.45, 7) is 4.59. The number of carboxylic acid groups (broad SMARTS) is 1. The van der Waals surface area contributed by atoms with Crippen LogP contribution in [0, 0.1) is 0 Å². The van der Waals surface area contributed by atoms with E-state index in [2.05, 4.69) is 0 Å². The van der Waals surface area contributed by atoms with Crippen molar-refractivity contribution in [3.63, 3.8) is 0 Å². The molecule has 0 unspecified atom stereocenters. The Bertz CT molecular complexity index is 213. The number of rotatable bonds is 2. The number of aliphatic hydroxyl groups is 2. The van der Waals surface area contributed by atoms with E-state index in [4.69, 9.17) is 15.3 Å². The number of carbonyl (C=O) groups is 2. The van der Waals surface area contributed by atoms with Gasteiger partial charge in [-0.15, -0.1) is 0 Å². The third kappa shape index (κ3) is 10.5. The first-order chi connectivity index (χ1) is 5.82. The molecular formula is C8H14O5. The molecule has 0 heterocycles. The maximum atomic E-state index is 9.83. The molecule has 0 aromatic carbocycles. The minimum absolute atomic E-state index is 0.123. The summed E-state index contributed by atoms with van der Waals surface area (Å²) in [5.41, 5.74) is 0. The number of carbonyl (C=O) groups excluding carboxylic acids is 1. The highest BCUT2D eigenvalue weighted by Gasteiger charge is 2.08. The van der Waals surface area contributed by atoms with Crippen LogP contribution in [-0.2, 0) is 9.59 Å². The van der Waals surface area contributed by atoms with Crippen LogP contribution < -0.4 is 0 Å². The Hall–Kier alpha value is -1.52. The Morgan fingerprint density at radius 3 is 1.46 bits per heavy atom. The first kappa shape index (κ1) is 14.0. The Morgan fingerprint density at radius 1 is 1.08 bits per heavy atom. The standard InChI is InChI=1S/C5H8O4.C3H6O/c1-2-3(6)4(7)5(8)9;1-3(2)4/h6-7H,2H2,1H3,(H,8,9);1-2H3/b4-3-;. The SMILES string of the molecule is CC(C)=O.CC/C(O)=C(/O)C(=O)O. The number of aliphatic hydroxyl groups excluding tert-OH is 2. The van der Waals surface area contributed by atoms with Gasteiger partial charge in [-0.3, -0.25) is 0 Å². The second-order valence-corrected chi connectivity index (χ2v) is 2.36. The lowest BCUT2D eigenvalue weighted by atomic mass is 10.3. The zero-order valence-corrected chi connectivity index (χ0v) is 7.87. The van der Waals surface area contributed by atoms with Crippen molar-refractivity contribution >= 4 is 11.8 Å². The number of aliphatic carboxylic acids is 1. The van der Waals surface area contributed by atoms with Gasteiger partial charge in [-0.25, -0.2) is 4.79 Å². The number of hydrogen-bond acceptors (Lipinski definition) is 4. The zero-order chi connectivity index (χ0) is 11.0. The molecular weight excluding hydrogens is 176 g/mol. The van der Waals surface area contributed by atoms with Gasteiger partial charge >= 0.3 is 5.97 Å². The molecule has 3 N–H and O–H groups in total. The average molecular weight is 190 g/mol. The lowest BCUT2D eigenvalue weighted by Crippen LogP contribution is -2.02. The molecule has 0 rings (SSSR count). The summed E-state index contributed by atoms with van der Waals surface area (Å²) in [4.78, 5) is 19.3. The molecule has 0 aliphatic rings. The van der Waals surface area contributed by atoms with Gasteiger partial charge in [0.15, 0.2) is 0 Å². The molecule has 5 heteroatoms. The molecule has 0 saturated carbocycles. The van der Waals surface area contributed by atoms with Gasteiger partial charge in [0.1, 0.15) is 11.5 Å². The lowest BCUT2D eigenvalue weighted by molar-refractivity contribution is -0.136. The van der Waals surface area contributed by atoms with Gasteiger partial charge in [-0.2, -0.15) is 0 Å². The van der Waals surface area contributed by atoms with E-state index >= 15 is 0 Å². The highest BCUT2D eigenvalue weighted by Crippen LogP contribution is 2.00. The second-order valence-electron chi connectivity index (χ2n) is 2.36. The highest BCUT2D eigenvalue weighted by molar-refractivity contribution is 5.84. The molecule has 13 heavy (non-hydrogen) atoms. The molecule has 0 aromatic rings. The summed E-state index contributed by atoms with van der Waals surface area (Å²) in [6.07, 6.45) is 0.123. The first-order valence-corrected chi connectivity index (χ1v) is 3.64. The smallest absolute Gasteiger partial charge is 0.374 e. The Labute approximate surface area is 76.3 Å². The first-order valence-electron chi connectivity index (χ1n) is 3.64. The molecule has 0 spiro atoms. The number of Topliss-reactive ketones (excluding diaryl/α,β-unsaturated/α-hetero) is 1. The molecule has 0 saturated heterocycles. The fourth-order valence-electron chi connectivity index (χ4n) is 0.291. The van der Waals surface area contributed by atoms with Crippen LogP contribution >= 0.6 is 0 Å². The van der Waals surface area contributed by atoms with Gasteiger partial charge < -0.3 is 20.1 Å². The Morgan fingerprint density at radius 2 is 1.38 bits per heavy atom. The van der Waals surface area contributed by atoms with Gasteiger partial charge in [0.2, 0.25) is 5.76 Å². The summed E-state index contributed by atoms with van der Waals surface area (Å²) in [5, 5.41) is 25.0. The molecule has 5 nitrogen and oxygen atoms in total. The van der Waals surface area contributed by atoms with E-state index in [0.29, 0.717) is 0 Å². The van der Waals surface area contributed by atoms with E-state index in [1.165, 1.54) is 20.8 Å². The minimum Gasteiger partial charge on any atom is -0.508 e. The van der Waals surface area contributed by atoms with E-state index in [1.54, 1.807) is 0 Å². The van der Waals surface area contributed by atoms with Crippen molar-refractivity contribution in [2.75, 3.05) is 0 Å². The van der Waals surface area contributed by atoms with Crippen molar-refractivity contribution in [1.82, 2.24) is 0 Å². The van der Waals surface area contributed by atoms with Crippen molar-refractivity contribution in [2.24, 2.45) is 0 Å². The van der Waals surface area contributed by atoms with Crippen LogP contribution in [0.25, 0.3) is 0 Å². The third-order valence-electron chi connectivity index (χ3n) is 0.811. The van der Waals surface area contributed by atoms with Gasteiger partial charge in [-0.05, 0) is 13.8 Å². The summed E-state index contributed by atoms with van der Waals surface area (Å²) in [7, 11) is 0. The van der Waals surface area contributed by atoms with Gasteiger partial charge in [0.25, 0.3) is 0 Å². The number of hydrogen-bond donors (Lipinski definition) is 3.